The van der Waals surface area contributed by atoms with Crippen molar-refractivity contribution in [3.05, 3.63) is 107 Å². The molecule has 1 aromatic heterocycles. The molecular weight excluding hydrogens is 458 g/mol. The van der Waals surface area contributed by atoms with Crippen LogP contribution in [-0.4, -0.2) is 47.1 Å². The first kappa shape index (κ1) is 24.5. The van der Waals surface area contributed by atoms with Gasteiger partial charge in [0, 0.05) is 55.1 Å². The predicted octanol–water partition coefficient (Wildman–Crippen LogP) is 6.01. The number of benzene rings is 3. The van der Waals surface area contributed by atoms with E-state index in [9.17, 15) is 4.79 Å². The first-order valence-electron chi connectivity index (χ1n) is 12.8. The Morgan fingerprint density at radius 3 is 2.24 bits per heavy atom. The Morgan fingerprint density at radius 1 is 0.811 bits per heavy atom. The fourth-order valence-electron chi connectivity index (χ4n) is 4.72. The smallest absolute Gasteiger partial charge is 0.321 e. The Kier molecular flexibility index (Phi) is 7.17. The Balaban J connectivity index is 1.39. The van der Waals surface area contributed by atoms with Crippen molar-refractivity contribution in [1.29, 1.82) is 0 Å². The molecule has 1 N–H and O–H groups in total. The second-order valence-electron chi connectivity index (χ2n) is 9.74. The maximum absolute atomic E-state index is 12.9. The minimum atomic E-state index is -0.0627. The van der Waals surface area contributed by atoms with E-state index in [1.54, 1.807) is 0 Å². The number of hydrogen-bond donors (Lipinski definition) is 1. The summed E-state index contributed by atoms with van der Waals surface area (Å²) in [5.41, 5.74) is 7.55. The summed E-state index contributed by atoms with van der Waals surface area (Å²) in [6, 6.07) is 26.6. The molecule has 6 heteroatoms. The summed E-state index contributed by atoms with van der Waals surface area (Å²) in [5.74, 6) is 1.71. The van der Waals surface area contributed by atoms with Crippen LogP contribution in [0.2, 0.25) is 0 Å². The number of piperazine rings is 1. The molecule has 3 aromatic carbocycles. The number of urea groups is 1. The molecule has 188 valence electrons. The van der Waals surface area contributed by atoms with Gasteiger partial charge < -0.3 is 15.1 Å². The number of carbonyl (C=O) groups is 1. The van der Waals surface area contributed by atoms with E-state index in [0.29, 0.717) is 26.2 Å². The number of aryl methyl sites for hydroxylation is 3. The lowest BCUT2D eigenvalue weighted by Crippen LogP contribution is -2.50. The number of hydrogen-bond acceptors (Lipinski definition) is 4. The topological polar surface area (TPSA) is 61.4 Å². The largest absolute Gasteiger partial charge is 0.353 e. The molecule has 4 aromatic rings. The fraction of sp³-hybridized carbons (Fsp3) is 0.258. The molecule has 6 nitrogen and oxygen atoms in total. The zero-order chi connectivity index (χ0) is 25.8. The molecule has 0 radical (unpaired) electrons. The SMILES string of the molecule is Cc1ccc(NC(=O)N2CCN(c3nc(-c4cccc(C)c4)nc(C)c3Cc3ccccc3)CC2)cc1. The van der Waals surface area contributed by atoms with Gasteiger partial charge in [0.2, 0.25) is 0 Å². The van der Waals surface area contributed by atoms with Gasteiger partial charge in [-0.2, -0.15) is 0 Å². The fourth-order valence-corrected chi connectivity index (χ4v) is 4.72. The normalized spacial score (nSPS) is 13.5. The lowest BCUT2D eigenvalue weighted by atomic mass is 10.0. The van der Waals surface area contributed by atoms with Crippen LogP contribution in [0.4, 0.5) is 16.3 Å². The molecule has 5 rings (SSSR count). The van der Waals surface area contributed by atoms with Crippen LogP contribution in [0.5, 0.6) is 0 Å². The van der Waals surface area contributed by atoms with Crippen LogP contribution >= 0.6 is 0 Å². The van der Waals surface area contributed by atoms with Gasteiger partial charge in [-0.25, -0.2) is 14.8 Å². The summed E-state index contributed by atoms with van der Waals surface area (Å²) in [5, 5.41) is 3.03. The van der Waals surface area contributed by atoms with Gasteiger partial charge in [-0.15, -0.1) is 0 Å². The zero-order valence-electron chi connectivity index (χ0n) is 21.7. The lowest BCUT2D eigenvalue weighted by molar-refractivity contribution is 0.208. The molecule has 0 unspecified atom stereocenters. The number of nitrogens with one attached hydrogen (secondary N) is 1. The number of rotatable bonds is 5. The zero-order valence-corrected chi connectivity index (χ0v) is 21.7. The van der Waals surface area contributed by atoms with Crippen LogP contribution < -0.4 is 10.2 Å². The van der Waals surface area contributed by atoms with E-state index in [1.165, 1.54) is 16.7 Å². The molecule has 0 spiro atoms. The van der Waals surface area contributed by atoms with Crippen LogP contribution in [0.3, 0.4) is 0 Å². The molecule has 2 amide bonds. The lowest BCUT2D eigenvalue weighted by Gasteiger charge is -2.36. The quantitative estimate of drug-likeness (QED) is 0.371. The molecule has 0 atom stereocenters. The van der Waals surface area contributed by atoms with E-state index in [-0.39, 0.29) is 6.03 Å². The molecule has 1 aliphatic heterocycles. The highest BCUT2D eigenvalue weighted by Crippen LogP contribution is 2.28. The van der Waals surface area contributed by atoms with Crippen LogP contribution in [0.15, 0.2) is 78.9 Å². The van der Waals surface area contributed by atoms with E-state index < -0.39 is 0 Å². The second-order valence-corrected chi connectivity index (χ2v) is 9.74. The van der Waals surface area contributed by atoms with Crippen molar-refractivity contribution in [2.45, 2.75) is 27.2 Å². The minimum absolute atomic E-state index is 0.0627. The van der Waals surface area contributed by atoms with Gasteiger partial charge in [0.25, 0.3) is 0 Å². The summed E-state index contributed by atoms with van der Waals surface area (Å²) < 4.78 is 0. The minimum Gasteiger partial charge on any atom is -0.353 e. The van der Waals surface area contributed by atoms with Crippen LogP contribution in [-0.2, 0) is 6.42 Å². The van der Waals surface area contributed by atoms with Crippen molar-refractivity contribution in [1.82, 2.24) is 14.9 Å². The van der Waals surface area contributed by atoms with Crippen LogP contribution in [0, 0.1) is 20.8 Å². The first-order valence-corrected chi connectivity index (χ1v) is 12.8. The van der Waals surface area contributed by atoms with Gasteiger partial charge in [0.1, 0.15) is 5.82 Å². The summed E-state index contributed by atoms with van der Waals surface area (Å²) in [6.45, 7) is 8.89. The first-order chi connectivity index (χ1) is 18.0. The second kappa shape index (κ2) is 10.8. The molecule has 0 bridgehead atoms. The van der Waals surface area contributed by atoms with Gasteiger partial charge in [-0.05, 0) is 44.5 Å². The van der Waals surface area contributed by atoms with Crippen molar-refractivity contribution < 1.29 is 4.79 Å². The van der Waals surface area contributed by atoms with E-state index in [2.05, 4.69) is 66.5 Å². The molecule has 37 heavy (non-hydrogen) atoms. The van der Waals surface area contributed by atoms with Gasteiger partial charge >= 0.3 is 6.03 Å². The Labute approximate surface area is 219 Å². The number of aromatic nitrogens is 2. The average molecular weight is 492 g/mol. The Hall–Kier alpha value is -4.19. The highest BCUT2D eigenvalue weighted by Gasteiger charge is 2.25. The molecule has 1 aliphatic rings. The van der Waals surface area contributed by atoms with E-state index in [1.807, 2.05) is 48.2 Å². The summed E-state index contributed by atoms with van der Waals surface area (Å²) >= 11 is 0. The number of amides is 2. The molecular formula is C31H33N5O. The van der Waals surface area contributed by atoms with Crippen molar-refractivity contribution in [3.63, 3.8) is 0 Å². The van der Waals surface area contributed by atoms with E-state index in [4.69, 9.17) is 9.97 Å². The van der Waals surface area contributed by atoms with Crippen molar-refractivity contribution >= 4 is 17.5 Å². The molecule has 1 saturated heterocycles. The van der Waals surface area contributed by atoms with Gasteiger partial charge in [-0.3, -0.25) is 0 Å². The highest BCUT2D eigenvalue weighted by molar-refractivity contribution is 5.89. The number of anilines is 2. The molecule has 2 heterocycles. The third-order valence-electron chi connectivity index (χ3n) is 6.86. The third-order valence-corrected chi connectivity index (χ3v) is 6.86. The summed E-state index contributed by atoms with van der Waals surface area (Å²) in [4.78, 5) is 27.1. The maximum atomic E-state index is 12.9. The van der Waals surface area contributed by atoms with Gasteiger partial charge in [0.05, 0.1) is 0 Å². The average Bonchev–Trinajstić information content (AvgIpc) is 2.91. The molecule has 0 aliphatic carbocycles. The summed E-state index contributed by atoms with van der Waals surface area (Å²) in [7, 11) is 0. The van der Waals surface area contributed by atoms with Crippen LogP contribution in [0.1, 0.15) is 27.9 Å². The predicted molar refractivity (Wildman–Crippen MR) is 150 cm³/mol. The monoisotopic (exact) mass is 491 g/mol. The highest BCUT2D eigenvalue weighted by atomic mass is 16.2. The van der Waals surface area contributed by atoms with Crippen molar-refractivity contribution in [2.75, 3.05) is 36.4 Å². The Bertz CT molecular complexity index is 1380. The molecule has 1 fully saturated rings. The standard InChI is InChI=1S/C31H33N5O/c1-22-12-14-27(15-13-22)33-31(37)36-18-16-35(17-19-36)30-28(21-25-9-5-4-6-10-25)24(3)32-29(34-30)26-11-7-8-23(2)20-26/h4-15,20H,16-19,21H2,1-3H3,(H,33,37). The summed E-state index contributed by atoms with van der Waals surface area (Å²) in [6.07, 6.45) is 0.768. The number of carbonyl (C=O) groups excluding carboxylic acids is 1. The Morgan fingerprint density at radius 2 is 1.54 bits per heavy atom. The van der Waals surface area contributed by atoms with Crippen molar-refractivity contribution in [3.8, 4) is 11.4 Å². The van der Waals surface area contributed by atoms with E-state index >= 15 is 0 Å². The van der Waals surface area contributed by atoms with Gasteiger partial charge in [-0.1, -0.05) is 71.8 Å². The number of nitrogens with zero attached hydrogens (tertiary/aromatic N) is 4. The third kappa shape index (κ3) is 5.80. The molecule has 0 saturated carbocycles. The van der Waals surface area contributed by atoms with Crippen molar-refractivity contribution in [2.24, 2.45) is 0 Å². The van der Waals surface area contributed by atoms with Gasteiger partial charge in [0.15, 0.2) is 5.82 Å². The van der Waals surface area contributed by atoms with E-state index in [0.717, 1.165) is 40.6 Å². The maximum Gasteiger partial charge on any atom is 0.321 e. The van der Waals surface area contributed by atoms with Crippen LogP contribution in [0.25, 0.3) is 11.4 Å².